The number of carbonyl (C=O) groups excluding carboxylic acids is 1. The van der Waals surface area contributed by atoms with E-state index in [0.29, 0.717) is 11.4 Å². The van der Waals surface area contributed by atoms with Crippen molar-refractivity contribution >= 4 is 43.2 Å². The van der Waals surface area contributed by atoms with Gasteiger partial charge in [-0.15, -0.1) is 0 Å². The van der Waals surface area contributed by atoms with Crippen LogP contribution >= 0.6 is 15.9 Å². The van der Waals surface area contributed by atoms with Gasteiger partial charge in [-0.25, -0.2) is 8.42 Å². The number of amides is 1. The molecule has 0 spiro atoms. The lowest BCUT2D eigenvalue weighted by Gasteiger charge is -2.15. The summed E-state index contributed by atoms with van der Waals surface area (Å²) in [6.45, 7) is 5.67. The predicted octanol–water partition coefficient (Wildman–Crippen LogP) is 2.72. The van der Waals surface area contributed by atoms with E-state index in [1.165, 1.54) is 0 Å². The quantitative estimate of drug-likeness (QED) is 0.790. The van der Waals surface area contributed by atoms with Crippen LogP contribution in [0.1, 0.15) is 19.4 Å². The Hall–Kier alpha value is -1.08. The topological polar surface area (TPSA) is 75.3 Å². The van der Waals surface area contributed by atoms with E-state index < -0.39 is 10.0 Å². The van der Waals surface area contributed by atoms with E-state index in [9.17, 15) is 13.2 Å². The van der Waals surface area contributed by atoms with Crippen LogP contribution in [-0.4, -0.2) is 25.4 Å². The lowest BCUT2D eigenvalue weighted by molar-refractivity contribution is -0.116. The molecule has 0 saturated carbocycles. The van der Waals surface area contributed by atoms with Crippen LogP contribution in [0, 0.1) is 12.8 Å². The molecule has 0 bridgehead atoms. The van der Waals surface area contributed by atoms with E-state index in [1.54, 1.807) is 25.1 Å². The molecule has 7 heteroatoms. The second-order valence-corrected chi connectivity index (χ2v) is 7.77. The molecule has 1 unspecified atom stereocenters. The predicted molar refractivity (Wildman–Crippen MR) is 85.8 cm³/mol. The molecular formula is C13H19BrN2O3S. The molecule has 0 fully saturated rings. The maximum atomic E-state index is 11.9. The van der Waals surface area contributed by atoms with Crippen molar-refractivity contribution in [2.75, 3.05) is 16.3 Å². The molecule has 112 valence electrons. The van der Waals surface area contributed by atoms with Gasteiger partial charge >= 0.3 is 0 Å². The molecule has 0 saturated heterocycles. The Morgan fingerprint density at radius 3 is 2.35 bits per heavy atom. The Morgan fingerprint density at radius 2 is 1.90 bits per heavy atom. The number of hydrogen-bond acceptors (Lipinski definition) is 3. The van der Waals surface area contributed by atoms with Gasteiger partial charge in [0.25, 0.3) is 0 Å². The first-order valence-electron chi connectivity index (χ1n) is 6.13. The van der Waals surface area contributed by atoms with Crippen molar-refractivity contribution in [2.45, 2.75) is 25.6 Å². The third kappa shape index (κ3) is 5.13. The van der Waals surface area contributed by atoms with Crippen LogP contribution in [0.15, 0.2) is 18.2 Å². The highest BCUT2D eigenvalue weighted by Crippen LogP contribution is 2.22. The van der Waals surface area contributed by atoms with E-state index in [2.05, 4.69) is 26.0 Å². The molecule has 0 aromatic heterocycles. The van der Waals surface area contributed by atoms with Crippen LogP contribution in [0.25, 0.3) is 0 Å². The van der Waals surface area contributed by atoms with Crippen LogP contribution < -0.4 is 10.0 Å². The number of halogens is 1. The number of anilines is 2. The van der Waals surface area contributed by atoms with Crippen molar-refractivity contribution in [3.8, 4) is 0 Å². The molecule has 0 aliphatic heterocycles. The highest BCUT2D eigenvalue weighted by molar-refractivity contribution is 9.10. The molecule has 20 heavy (non-hydrogen) atoms. The summed E-state index contributed by atoms with van der Waals surface area (Å²) in [5, 5.41) is 2.79. The summed E-state index contributed by atoms with van der Waals surface area (Å²) in [7, 11) is -3.31. The molecular weight excluding hydrogens is 344 g/mol. The zero-order valence-electron chi connectivity index (χ0n) is 11.9. The average molecular weight is 363 g/mol. The molecule has 1 aromatic rings. The molecule has 1 amide bonds. The second kappa shape index (κ2) is 6.58. The number of rotatable bonds is 5. The first-order chi connectivity index (χ1) is 9.10. The summed E-state index contributed by atoms with van der Waals surface area (Å²) in [5.74, 6) is 0.0606. The number of hydrogen-bond donors (Lipinski definition) is 2. The fraction of sp³-hybridized carbons (Fsp3) is 0.462. The van der Waals surface area contributed by atoms with E-state index in [-0.39, 0.29) is 16.7 Å². The van der Waals surface area contributed by atoms with E-state index >= 15 is 0 Å². The molecule has 0 aliphatic carbocycles. The second-order valence-electron chi connectivity index (χ2n) is 5.04. The molecule has 0 heterocycles. The van der Waals surface area contributed by atoms with Gasteiger partial charge in [-0.1, -0.05) is 29.8 Å². The molecule has 1 aromatic carbocycles. The highest BCUT2D eigenvalue weighted by atomic mass is 79.9. The third-order valence-electron chi connectivity index (χ3n) is 2.63. The number of benzene rings is 1. The Bertz CT molecular complexity index is 600. The SMILES string of the molecule is Cc1cc(NC(=O)C(Br)C(C)C)ccc1NS(C)(=O)=O. The lowest BCUT2D eigenvalue weighted by Crippen LogP contribution is -2.27. The Balaban J connectivity index is 2.85. The molecule has 0 aliphatic rings. The van der Waals surface area contributed by atoms with Crippen LogP contribution in [0.2, 0.25) is 0 Å². The molecule has 1 rings (SSSR count). The van der Waals surface area contributed by atoms with Gasteiger partial charge in [0.05, 0.1) is 16.8 Å². The average Bonchev–Trinajstić information content (AvgIpc) is 2.30. The van der Waals surface area contributed by atoms with Crippen LogP contribution in [-0.2, 0) is 14.8 Å². The molecule has 5 nitrogen and oxygen atoms in total. The molecule has 1 atom stereocenters. The maximum Gasteiger partial charge on any atom is 0.238 e. The van der Waals surface area contributed by atoms with Gasteiger partial charge in [-0.3, -0.25) is 9.52 Å². The molecule has 0 radical (unpaired) electrons. The van der Waals surface area contributed by atoms with Crippen molar-refractivity contribution < 1.29 is 13.2 Å². The smallest absolute Gasteiger partial charge is 0.238 e. The van der Waals surface area contributed by atoms with Crippen LogP contribution in [0.5, 0.6) is 0 Å². The van der Waals surface area contributed by atoms with Crippen molar-refractivity contribution in [1.29, 1.82) is 0 Å². The largest absolute Gasteiger partial charge is 0.325 e. The minimum absolute atomic E-state index is 0.122. The number of sulfonamides is 1. The Morgan fingerprint density at radius 1 is 1.30 bits per heavy atom. The van der Waals surface area contributed by atoms with Gasteiger partial charge in [0.2, 0.25) is 15.9 Å². The lowest BCUT2D eigenvalue weighted by atomic mass is 10.1. The van der Waals surface area contributed by atoms with Gasteiger partial charge in [0.15, 0.2) is 0 Å². The van der Waals surface area contributed by atoms with Crippen molar-refractivity contribution in [3.63, 3.8) is 0 Å². The van der Waals surface area contributed by atoms with Gasteiger partial charge in [0, 0.05) is 5.69 Å². The van der Waals surface area contributed by atoms with Gasteiger partial charge in [0.1, 0.15) is 0 Å². The van der Waals surface area contributed by atoms with E-state index in [4.69, 9.17) is 0 Å². The van der Waals surface area contributed by atoms with E-state index in [0.717, 1.165) is 11.8 Å². The first kappa shape index (κ1) is 17.0. The first-order valence-corrected chi connectivity index (χ1v) is 8.94. The fourth-order valence-electron chi connectivity index (χ4n) is 1.57. The van der Waals surface area contributed by atoms with Crippen molar-refractivity contribution in [1.82, 2.24) is 0 Å². The van der Waals surface area contributed by atoms with Crippen molar-refractivity contribution in [2.24, 2.45) is 5.92 Å². The number of carbonyl (C=O) groups is 1. The number of aryl methyl sites for hydroxylation is 1. The normalized spacial score (nSPS) is 13.1. The van der Waals surface area contributed by atoms with Crippen molar-refractivity contribution in [3.05, 3.63) is 23.8 Å². The standard InChI is InChI=1S/C13H19BrN2O3S/c1-8(2)12(14)13(17)15-10-5-6-11(9(3)7-10)16-20(4,18)19/h5-8,12,16H,1-4H3,(H,15,17). The summed E-state index contributed by atoms with van der Waals surface area (Å²) in [5.41, 5.74) is 1.88. The minimum Gasteiger partial charge on any atom is -0.325 e. The van der Waals surface area contributed by atoms with Crippen LogP contribution in [0.4, 0.5) is 11.4 Å². The fourth-order valence-corrected chi connectivity index (χ4v) is 2.31. The maximum absolute atomic E-state index is 11.9. The minimum atomic E-state index is -3.31. The summed E-state index contributed by atoms with van der Waals surface area (Å²) < 4.78 is 24.8. The van der Waals surface area contributed by atoms with Gasteiger partial charge in [-0.2, -0.15) is 0 Å². The summed E-state index contributed by atoms with van der Waals surface area (Å²) >= 11 is 3.33. The third-order valence-corrected chi connectivity index (χ3v) is 4.69. The zero-order chi connectivity index (χ0) is 15.5. The summed E-state index contributed by atoms with van der Waals surface area (Å²) in [6.07, 6.45) is 1.10. The summed E-state index contributed by atoms with van der Waals surface area (Å²) in [4.78, 5) is 11.6. The Kier molecular flexibility index (Phi) is 5.59. The highest BCUT2D eigenvalue weighted by Gasteiger charge is 2.18. The number of nitrogens with one attached hydrogen (secondary N) is 2. The Labute approximate surface area is 128 Å². The van der Waals surface area contributed by atoms with Gasteiger partial charge < -0.3 is 5.32 Å². The summed E-state index contributed by atoms with van der Waals surface area (Å²) in [6, 6.07) is 5.02. The van der Waals surface area contributed by atoms with E-state index in [1.807, 2.05) is 13.8 Å². The molecule has 2 N–H and O–H groups in total. The monoisotopic (exact) mass is 362 g/mol. The number of alkyl halides is 1. The zero-order valence-corrected chi connectivity index (χ0v) is 14.3. The van der Waals surface area contributed by atoms with Gasteiger partial charge in [-0.05, 0) is 36.6 Å². The van der Waals surface area contributed by atoms with Crippen LogP contribution in [0.3, 0.4) is 0 Å².